The van der Waals surface area contributed by atoms with Crippen LogP contribution in [-0.2, 0) is 22.1 Å². The van der Waals surface area contributed by atoms with Crippen molar-refractivity contribution < 1.29 is 32.5 Å². The Bertz CT molecular complexity index is 1140. The lowest BCUT2D eigenvalue weighted by Gasteiger charge is -2.27. The molecule has 2 atom stereocenters. The number of halogens is 3. The van der Waals surface area contributed by atoms with Gasteiger partial charge in [0.25, 0.3) is 0 Å². The largest absolute Gasteiger partial charge is 0.493 e. The van der Waals surface area contributed by atoms with E-state index in [9.17, 15) is 23.1 Å². The number of carbonyl (C=O) groups is 1. The summed E-state index contributed by atoms with van der Waals surface area (Å²) in [7, 11) is 0. The van der Waals surface area contributed by atoms with Crippen molar-refractivity contribution in [3.8, 4) is 16.9 Å². The predicted molar refractivity (Wildman–Crippen MR) is 125 cm³/mol. The molecule has 0 saturated carbocycles. The standard InChI is InChI=1S/C26H27F3O4S/c1-25(2,3)33-21(24(30)31)20-19(17-11-12-18-16(14-17)10-7-13-32-18)22(15-8-5-4-6-9-15)34-23(20)26(27,28)29/h4-6,8,11-12,14-15,21H,7,9-10,13H2,1-3H3,(H,30,31). The first-order chi connectivity index (χ1) is 16.0. The summed E-state index contributed by atoms with van der Waals surface area (Å²) in [6.07, 6.45) is 3.03. The number of aryl methyl sites for hydroxylation is 1. The van der Waals surface area contributed by atoms with Crippen LogP contribution in [0.5, 0.6) is 5.75 Å². The van der Waals surface area contributed by atoms with Crippen molar-refractivity contribution in [2.24, 2.45) is 0 Å². The molecule has 34 heavy (non-hydrogen) atoms. The van der Waals surface area contributed by atoms with E-state index in [1.165, 1.54) is 0 Å². The summed E-state index contributed by atoms with van der Waals surface area (Å²) in [4.78, 5) is 11.9. The number of rotatable bonds is 5. The minimum absolute atomic E-state index is 0.295. The molecule has 2 aromatic rings. The van der Waals surface area contributed by atoms with E-state index in [1.807, 2.05) is 30.4 Å². The third-order valence-corrected chi connectivity index (χ3v) is 7.08. The molecule has 1 aromatic heterocycles. The van der Waals surface area contributed by atoms with E-state index in [0.29, 0.717) is 46.1 Å². The SMILES string of the molecule is CC(C)(C)OC(C(=O)O)c1c(C(F)(F)F)sc(C2C=CC=CC2)c1-c1ccc2c(c1)CCCO2. The summed E-state index contributed by atoms with van der Waals surface area (Å²) in [5.41, 5.74) is 0.459. The molecule has 1 aliphatic heterocycles. The van der Waals surface area contributed by atoms with E-state index >= 15 is 0 Å². The number of carboxylic acid groups (broad SMARTS) is 1. The number of allylic oxidation sites excluding steroid dienone is 4. The van der Waals surface area contributed by atoms with Gasteiger partial charge in [-0.2, -0.15) is 13.2 Å². The number of carboxylic acids is 1. The number of hydrogen-bond donors (Lipinski definition) is 1. The third-order valence-electron chi connectivity index (χ3n) is 5.70. The van der Waals surface area contributed by atoms with Gasteiger partial charge in [0.15, 0.2) is 6.10 Å². The van der Waals surface area contributed by atoms with E-state index in [-0.39, 0.29) is 11.5 Å². The maximum atomic E-state index is 14.4. The first kappa shape index (κ1) is 24.5. The van der Waals surface area contributed by atoms with E-state index in [4.69, 9.17) is 9.47 Å². The Morgan fingerprint density at radius 1 is 1.24 bits per heavy atom. The molecule has 0 fully saturated rings. The highest BCUT2D eigenvalue weighted by molar-refractivity contribution is 7.13. The minimum atomic E-state index is -4.73. The van der Waals surface area contributed by atoms with Gasteiger partial charge in [-0.1, -0.05) is 30.4 Å². The van der Waals surface area contributed by atoms with Crippen molar-refractivity contribution in [2.75, 3.05) is 6.61 Å². The number of thiophene rings is 1. The summed E-state index contributed by atoms with van der Waals surface area (Å²) in [5, 5.41) is 10.0. The highest BCUT2D eigenvalue weighted by Crippen LogP contribution is 2.52. The zero-order valence-corrected chi connectivity index (χ0v) is 20.1. The smallest absolute Gasteiger partial charge is 0.426 e. The lowest BCUT2D eigenvalue weighted by Crippen LogP contribution is -2.28. The molecule has 0 saturated heterocycles. The first-order valence-electron chi connectivity index (χ1n) is 11.2. The average Bonchev–Trinajstić information content (AvgIpc) is 3.18. The summed E-state index contributed by atoms with van der Waals surface area (Å²) in [6, 6.07) is 5.32. The van der Waals surface area contributed by atoms with Crippen LogP contribution in [0.1, 0.15) is 66.5 Å². The fourth-order valence-electron chi connectivity index (χ4n) is 4.36. The number of benzene rings is 1. The lowest BCUT2D eigenvalue weighted by atomic mass is 9.88. The molecule has 2 aliphatic rings. The first-order valence-corrected chi connectivity index (χ1v) is 12.0. The monoisotopic (exact) mass is 492 g/mol. The van der Waals surface area contributed by atoms with Crippen LogP contribution in [-0.4, -0.2) is 23.3 Å². The zero-order valence-electron chi connectivity index (χ0n) is 19.2. The van der Waals surface area contributed by atoms with Gasteiger partial charge in [0, 0.05) is 21.9 Å². The van der Waals surface area contributed by atoms with E-state index < -0.39 is 28.7 Å². The van der Waals surface area contributed by atoms with Gasteiger partial charge >= 0.3 is 12.1 Å². The highest BCUT2D eigenvalue weighted by atomic mass is 32.1. The molecule has 0 spiro atoms. The minimum Gasteiger partial charge on any atom is -0.493 e. The molecule has 4 rings (SSSR count). The Balaban J connectivity index is 2.01. The molecule has 4 nitrogen and oxygen atoms in total. The average molecular weight is 493 g/mol. The van der Waals surface area contributed by atoms with Gasteiger partial charge in [0.2, 0.25) is 0 Å². The normalized spacial score (nSPS) is 18.9. The molecular weight excluding hydrogens is 465 g/mol. The summed E-state index contributed by atoms with van der Waals surface area (Å²) < 4.78 is 54.5. The number of alkyl halides is 3. The van der Waals surface area contributed by atoms with Crippen molar-refractivity contribution in [1.82, 2.24) is 0 Å². The maximum absolute atomic E-state index is 14.4. The predicted octanol–water partition coefficient (Wildman–Crippen LogP) is 7.30. The Morgan fingerprint density at radius 3 is 2.62 bits per heavy atom. The Kier molecular flexibility index (Phi) is 6.66. The molecular formula is C26H27F3O4S. The van der Waals surface area contributed by atoms with Crippen LogP contribution >= 0.6 is 11.3 Å². The van der Waals surface area contributed by atoms with Crippen LogP contribution < -0.4 is 4.74 Å². The van der Waals surface area contributed by atoms with E-state index in [0.717, 1.165) is 18.4 Å². The van der Waals surface area contributed by atoms with Crippen LogP contribution in [0.3, 0.4) is 0 Å². The van der Waals surface area contributed by atoms with E-state index in [1.54, 1.807) is 32.9 Å². The second-order valence-corrected chi connectivity index (χ2v) is 10.5. The lowest BCUT2D eigenvalue weighted by molar-refractivity contribution is -0.162. The molecule has 8 heteroatoms. The summed E-state index contributed by atoms with van der Waals surface area (Å²) in [5.74, 6) is -1.03. The van der Waals surface area contributed by atoms with Crippen molar-refractivity contribution in [3.63, 3.8) is 0 Å². The van der Waals surface area contributed by atoms with Crippen LogP contribution in [0.15, 0.2) is 42.5 Å². The second kappa shape index (κ2) is 9.23. The molecule has 1 aromatic carbocycles. The van der Waals surface area contributed by atoms with Gasteiger partial charge in [-0.05, 0) is 63.3 Å². The molecule has 0 radical (unpaired) electrons. The van der Waals surface area contributed by atoms with Gasteiger partial charge in [-0.3, -0.25) is 0 Å². The molecule has 2 heterocycles. The summed E-state index contributed by atoms with van der Waals surface area (Å²) in [6.45, 7) is 5.50. The number of ether oxygens (including phenoxy) is 2. The van der Waals surface area contributed by atoms with Gasteiger partial charge in [0.05, 0.1) is 12.2 Å². The molecule has 0 amide bonds. The highest BCUT2D eigenvalue weighted by Gasteiger charge is 2.44. The Labute approximate surface area is 200 Å². The topological polar surface area (TPSA) is 55.8 Å². The van der Waals surface area contributed by atoms with Gasteiger partial charge in [-0.25, -0.2) is 4.79 Å². The fraction of sp³-hybridized carbons (Fsp3) is 0.423. The van der Waals surface area contributed by atoms with Gasteiger partial charge < -0.3 is 14.6 Å². The maximum Gasteiger partial charge on any atom is 0.426 e. The van der Waals surface area contributed by atoms with Crippen molar-refractivity contribution >= 4 is 17.3 Å². The van der Waals surface area contributed by atoms with Gasteiger partial charge in [0.1, 0.15) is 10.6 Å². The molecule has 1 aliphatic carbocycles. The van der Waals surface area contributed by atoms with Crippen LogP contribution in [0.2, 0.25) is 0 Å². The van der Waals surface area contributed by atoms with E-state index in [2.05, 4.69) is 0 Å². The molecule has 2 unspecified atom stereocenters. The molecule has 0 bridgehead atoms. The van der Waals surface area contributed by atoms with Crippen molar-refractivity contribution in [3.05, 3.63) is 63.4 Å². The third kappa shape index (κ3) is 5.08. The Hall–Kier alpha value is -2.58. The van der Waals surface area contributed by atoms with Crippen molar-refractivity contribution in [2.45, 2.75) is 63.8 Å². The van der Waals surface area contributed by atoms with Gasteiger partial charge in [-0.15, -0.1) is 11.3 Å². The van der Waals surface area contributed by atoms with Crippen molar-refractivity contribution in [1.29, 1.82) is 0 Å². The number of aliphatic carboxylic acids is 1. The Morgan fingerprint density at radius 2 is 2.00 bits per heavy atom. The quantitative estimate of drug-likeness (QED) is 0.476. The molecule has 182 valence electrons. The van der Waals surface area contributed by atoms with Crippen LogP contribution in [0.25, 0.3) is 11.1 Å². The fourth-order valence-corrected chi connectivity index (χ4v) is 5.67. The number of hydrogen-bond acceptors (Lipinski definition) is 4. The van der Waals surface area contributed by atoms with Crippen LogP contribution in [0, 0.1) is 0 Å². The molecule has 1 N–H and O–H groups in total. The summed E-state index contributed by atoms with van der Waals surface area (Å²) >= 11 is 0.619. The second-order valence-electron chi connectivity index (χ2n) is 9.46. The number of fused-ring (bicyclic) bond motifs is 1. The zero-order chi connectivity index (χ0) is 24.7. The van der Waals surface area contributed by atoms with Crippen LogP contribution in [0.4, 0.5) is 13.2 Å².